The second-order valence-corrected chi connectivity index (χ2v) is 4.10. The maximum atomic E-state index is 11.4. The zero-order valence-corrected chi connectivity index (χ0v) is 8.05. The Hall–Kier alpha value is -0.590. The Labute approximate surface area is 74.9 Å². The summed E-state index contributed by atoms with van der Waals surface area (Å²) in [6.07, 6.45) is 8.12. The molecule has 1 aliphatic carbocycles. The van der Waals surface area contributed by atoms with Crippen molar-refractivity contribution >= 4 is 5.78 Å². The molecular weight excluding hydrogens is 148 g/mol. The minimum atomic E-state index is 0.443. The molecule has 0 aromatic rings. The molecule has 0 amide bonds. The summed E-state index contributed by atoms with van der Waals surface area (Å²) in [5.74, 6) is 1.52. The second-order valence-electron chi connectivity index (χ2n) is 4.10. The lowest BCUT2D eigenvalue weighted by molar-refractivity contribution is -0.120. The summed E-state index contributed by atoms with van der Waals surface area (Å²) in [6, 6.07) is 0. The van der Waals surface area contributed by atoms with Crippen LogP contribution in [-0.2, 0) is 4.79 Å². The van der Waals surface area contributed by atoms with E-state index in [1.807, 2.05) is 0 Å². The van der Waals surface area contributed by atoms with Gasteiger partial charge in [-0.3, -0.25) is 4.79 Å². The monoisotopic (exact) mass is 166 g/mol. The van der Waals surface area contributed by atoms with Crippen LogP contribution in [0.5, 0.6) is 0 Å². The number of allylic oxidation sites excluding steroid dienone is 2. The van der Waals surface area contributed by atoms with Crippen LogP contribution in [0.15, 0.2) is 12.2 Å². The molecule has 0 aliphatic heterocycles. The van der Waals surface area contributed by atoms with Gasteiger partial charge in [0.25, 0.3) is 0 Å². The summed E-state index contributed by atoms with van der Waals surface area (Å²) < 4.78 is 0. The molecule has 68 valence electrons. The highest BCUT2D eigenvalue weighted by Crippen LogP contribution is 2.18. The highest BCUT2D eigenvalue weighted by molar-refractivity contribution is 5.78. The SMILES string of the molecule is C[C@@H]1C/C=C\C[C@H](C)CC(=O)C1. The van der Waals surface area contributed by atoms with Gasteiger partial charge in [0.15, 0.2) is 0 Å². The van der Waals surface area contributed by atoms with Gasteiger partial charge in [0.1, 0.15) is 5.78 Å². The molecule has 12 heavy (non-hydrogen) atoms. The predicted molar refractivity (Wildman–Crippen MR) is 50.9 cm³/mol. The molecule has 0 radical (unpaired) electrons. The van der Waals surface area contributed by atoms with Crippen molar-refractivity contribution in [2.75, 3.05) is 0 Å². The van der Waals surface area contributed by atoms with E-state index in [-0.39, 0.29) is 0 Å². The number of rotatable bonds is 0. The van der Waals surface area contributed by atoms with Gasteiger partial charge in [0.2, 0.25) is 0 Å². The topological polar surface area (TPSA) is 17.1 Å². The highest BCUT2D eigenvalue weighted by atomic mass is 16.1. The van der Waals surface area contributed by atoms with Gasteiger partial charge in [0.05, 0.1) is 0 Å². The van der Waals surface area contributed by atoms with E-state index >= 15 is 0 Å². The minimum Gasteiger partial charge on any atom is -0.300 e. The van der Waals surface area contributed by atoms with Crippen LogP contribution in [0.4, 0.5) is 0 Å². The highest BCUT2D eigenvalue weighted by Gasteiger charge is 2.12. The third-order valence-electron chi connectivity index (χ3n) is 2.40. The molecule has 0 saturated carbocycles. The molecule has 1 rings (SSSR count). The van der Waals surface area contributed by atoms with Crippen LogP contribution in [0.25, 0.3) is 0 Å². The lowest BCUT2D eigenvalue weighted by atomic mass is 9.96. The quantitative estimate of drug-likeness (QED) is 0.506. The lowest BCUT2D eigenvalue weighted by Crippen LogP contribution is -2.07. The van der Waals surface area contributed by atoms with E-state index in [0.717, 1.165) is 25.7 Å². The minimum absolute atomic E-state index is 0.443. The first kappa shape index (κ1) is 9.50. The van der Waals surface area contributed by atoms with E-state index in [9.17, 15) is 4.79 Å². The Morgan fingerprint density at radius 2 is 1.50 bits per heavy atom. The standard InChI is InChI=1S/C11H18O/c1-9-5-3-4-6-10(2)8-11(12)7-9/h3-4,9-10H,5-8H2,1-2H3/b4-3-/t9-,10+. The van der Waals surface area contributed by atoms with Gasteiger partial charge in [-0.2, -0.15) is 0 Å². The summed E-state index contributed by atoms with van der Waals surface area (Å²) >= 11 is 0. The fourth-order valence-corrected chi connectivity index (χ4v) is 1.68. The molecule has 0 bridgehead atoms. The number of ketones is 1. The van der Waals surface area contributed by atoms with Crippen molar-refractivity contribution in [2.24, 2.45) is 11.8 Å². The van der Waals surface area contributed by atoms with E-state index in [4.69, 9.17) is 0 Å². The Balaban J connectivity index is 2.52. The molecule has 0 unspecified atom stereocenters. The third-order valence-corrected chi connectivity index (χ3v) is 2.40. The van der Waals surface area contributed by atoms with E-state index in [1.165, 1.54) is 0 Å². The summed E-state index contributed by atoms with van der Waals surface area (Å²) in [5.41, 5.74) is 0. The lowest BCUT2D eigenvalue weighted by Gasteiger charge is -2.08. The van der Waals surface area contributed by atoms with Crippen LogP contribution >= 0.6 is 0 Å². The van der Waals surface area contributed by atoms with Gasteiger partial charge < -0.3 is 0 Å². The van der Waals surface area contributed by atoms with Crippen molar-refractivity contribution in [3.05, 3.63) is 12.2 Å². The van der Waals surface area contributed by atoms with E-state index in [2.05, 4.69) is 26.0 Å². The third kappa shape index (κ3) is 3.21. The molecule has 0 aromatic carbocycles. The molecule has 0 spiro atoms. The van der Waals surface area contributed by atoms with Gasteiger partial charge in [0, 0.05) is 12.8 Å². The predicted octanol–water partition coefficient (Wildman–Crippen LogP) is 2.96. The molecule has 0 aromatic heterocycles. The average Bonchev–Trinajstić information content (AvgIpc) is 2.01. The maximum Gasteiger partial charge on any atom is 0.133 e. The fourth-order valence-electron chi connectivity index (χ4n) is 1.68. The molecule has 2 atom stereocenters. The smallest absolute Gasteiger partial charge is 0.133 e. The van der Waals surface area contributed by atoms with Crippen LogP contribution in [0.2, 0.25) is 0 Å². The summed E-state index contributed by atoms with van der Waals surface area (Å²) in [7, 11) is 0. The van der Waals surface area contributed by atoms with Crippen molar-refractivity contribution in [1.29, 1.82) is 0 Å². The van der Waals surface area contributed by atoms with Crippen LogP contribution in [0.1, 0.15) is 39.5 Å². The van der Waals surface area contributed by atoms with Crippen molar-refractivity contribution in [3.63, 3.8) is 0 Å². The number of Topliss-reactive ketones (excluding diaryl/α,β-unsaturated/α-hetero) is 1. The normalized spacial score (nSPS) is 35.0. The van der Waals surface area contributed by atoms with Gasteiger partial charge in [-0.05, 0) is 24.7 Å². The van der Waals surface area contributed by atoms with Crippen molar-refractivity contribution in [2.45, 2.75) is 39.5 Å². The molecule has 1 aliphatic rings. The fraction of sp³-hybridized carbons (Fsp3) is 0.727. The van der Waals surface area contributed by atoms with Crippen LogP contribution in [0.3, 0.4) is 0 Å². The first-order valence-electron chi connectivity index (χ1n) is 4.85. The van der Waals surface area contributed by atoms with E-state index in [1.54, 1.807) is 0 Å². The molecule has 1 heteroatoms. The second kappa shape index (κ2) is 4.44. The van der Waals surface area contributed by atoms with Crippen molar-refractivity contribution < 1.29 is 4.79 Å². The number of carbonyl (C=O) groups excluding carboxylic acids is 1. The molecule has 0 saturated heterocycles. The summed E-state index contributed by atoms with van der Waals surface area (Å²) in [5, 5.41) is 0. The molecule has 0 fully saturated rings. The Morgan fingerprint density at radius 3 is 1.92 bits per heavy atom. The summed E-state index contributed by atoms with van der Waals surface area (Å²) in [6.45, 7) is 4.30. The number of hydrogen-bond acceptors (Lipinski definition) is 1. The average molecular weight is 166 g/mol. The van der Waals surface area contributed by atoms with E-state index in [0.29, 0.717) is 17.6 Å². The first-order valence-corrected chi connectivity index (χ1v) is 4.85. The molecule has 0 N–H and O–H groups in total. The van der Waals surface area contributed by atoms with E-state index < -0.39 is 0 Å². The van der Waals surface area contributed by atoms with Crippen molar-refractivity contribution in [1.82, 2.24) is 0 Å². The Bertz CT molecular complexity index is 163. The zero-order chi connectivity index (χ0) is 8.97. The zero-order valence-electron chi connectivity index (χ0n) is 8.05. The van der Waals surface area contributed by atoms with Crippen LogP contribution in [-0.4, -0.2) is 5.78 Å². The van der Waals surface area contributed by atoms with Crippen LogP contribution < -0.4 is 0 Å². The Kier molecular flexibility index (Phi) is 3.51. The van der Waals surface area contributed by atoms with Crippen LogP contribution in [0, 0.1) is 11.8 Å². The van der Waals surface area contributed by atoms with Crippen molar-refractivity contribution in [3.8, 4) is 0 Å². The Morgan fingerprint density at radius 1 is 1.08 bits per heavy atom. The largest absolute Gasteiger partial charge is 0.300 e. The number of hydrogen-bond donors (Lipinski definition) is 0. The first-order chi connectivity index (χ1) is 5.68. The molecule has 0 heterocycles. The number of carbonyl (C=O) groups is 1. The maximum absolute atomic E-state index is 11.4. The van der Waals surface area contributed by atoms with Gasteiger partial charge in [-0.15, -0.1) is 0 Å². The summed E-state index contributed by atoms with van der Waals surface area (Å²) in [4.78, 5) is 11.4. The van der Waals surface area contributed by atoms with Gasteiger partial charge >= 0.3 is 0 Å². The molecule has 1 nitrogen and oxygen atoms in total. The van der Waals surface area contributed by atoms with Gasteiger partial charge in [-0.1, -0.05) is 26.0 Å². The molecular formula is C11H18O. The van der Waals surface area contributed by atoms with Gasteiger partial charge in [-0.25, -0.2) is 0 Å².